The van der Waals surface area contributed by atoms with Crippen molar-refractivity contribution in [2.24, 2.45) is 5.92 Å². The Hall–Kier alpha value is -1.88. The number of ether oxygens (including phenoxy) is 1. The van der Waals surface area contributed by atoms with Crippen LogP contribution in [0, 0.1) is 11.7 Å². The Balaban J connectivity index is 2.67. The molecule has 0 radical (unpaired) electrons. The van der Waals surface area contributed by atoms with Crippen LogP contribution in [-0.4, -0.2) is 30.8 Å². The summed E-state index contributed by atoms with van der Waals surface area (Å²) in [5, 5.41) is 11.8. The van der Waals surface area contributed by atoms with Gasteiger partial charge in [0.1, 0.15) is 0 Å². The first-order valence-electron chi connectivity index (χ1n) is 6.91. The number of benzene rings is 1. The highest BCUT2D eigenvalue weighted by Crippen LogP contribution is 2.18. The van der Waals surface area contributed by atoms with Gasteiger partial charge in [0, 0.05) is 18.7 Å². The molecule has 0 spiro atoms. The zero-order valence-electron chi connectivity index (χ0n) is 12.6. The number of amides is 1. The average Bonchev–Trinajstić information content (AvgIpc) is 2.44. The molecule has 1 unspecified atom stereocenters. The van der Waals surface area contributed by atoms with E-state index in [2.05, 4.69) is 5.32 Å². The summed E-state index contributed by atoms with van der Waals surface area (Å²) < 4.78 is 18.3. The molecule has 1 amide bonds. The van der Waals surface area contributed by atoms with Crippen molar-refractivity contribution < 1.29 is 19.0 Å². The van der Waals surface area contributed by atoms with Crippen molar-refractivity contribution in [3.8, 4) is 5.75 Å². The van der Waals surface area contributed by atoms with E-state index in [-0.39, 0.29) is 30.2 Å². The van der Waals surface area contributed by atoms with Gasteiger partial charge in [-0.3, -0.25) is 4.79 Å². The van der Waals surface area contributed by atoms with E-state index in [4.69, 9.17) is 9.84 Å². The van der Waals surface area contributed by atoms with Gasteiger partial charge in [-0.25, -0.2) is 4.39 Å². The van der Waals surface area contributed by atoms with Crippen LogP contribution in [0.4, 0.5) is 4.39 Å². The van der Waals surface area contributed by atoms with Crippen molar-refractivity contribution in [2.45, 2.75) is 26.3 Å². The van der Waals surface area contributed by atoms with Gasteiger partial charge in [-0.15, -0.1) is 0 Å². The van der Waals surface area contributed by atoms with Gasteiger partial charge in [0.15, 0.2) is 11.6 Å². The highest BCUT2D eigenvalue weighted by Gasteiger charge is 2.14. The first-order valence-corrected chi connectivity index (χ1v) is 6.91. The van der Waals surface area contributed by atoms with E-state index in [1.807, 2.05) is 13.8 Å². The summed E-state index contributed by atoms with van der Waals surface area (Å²) in [5.41, 5.74) is 0.576. The number of aliphatic hydroxyl groups is 1. The molecule has 0 fully saturated rings. The van der Waals surface area contributed by atoms with Crippen molar-refractivity contribution in [1.82, 2.24) is 5.32 Å². The maximum absolute atomic E-state index is 13.5. The van der Waals surface area contributed by atoms with Crippen LogP contribution in [0.2, 0.25) is 0 Å². The van der Waals surface area contributed by atoms with Crippen LogP contribution in [0.5, 0.6) is 5.75 Å². The topological polar surface area (TPSA) is 58.6 Å². The smallest absolute Gasteiger partial charge is 0.244 e. The van der Waals surface area contributed by atoms with Crippen LogP contribution in [0.15, 0.2) is 24.3 Å². The molecule has 0 bridgehead atoms. The second-order valence-corrected chi connectivity index (χ2v) is 5.10. The minimum Gasteiger partial charge on any atom is -0.494 e. The molecular formula is C16H22FNO3. The van der Waals surface area contributed by atoms with E-state index < -0.39 is 5.82 Å². The number of hydrogen-bond donors (Lipinski definition) is 2. The summed E-state index contributed by atoms with van der Waals surface area (Å²) >= 11 is 0. The largest absolute Gasteiger partial charge is 0.494 e. The van der Waals surface area contributed by atoms with Crippen molar-refractivity contribution in [2.75, 3.05) is 13.7 Å². The molecule has 0 aliphatic heterocycles. The maximum Gasteiger partial charge on any atom is 0.244 e. The lowest BCUT2D eigenvalue weighted by Gasteiger charge is -2.20. The third-order valence-electron chi connectivity index (χ3n) is 3.18. The second-order valence-electron chi connectivity index (χ2n) is 5.10. The molecule has 1 rings (SSSR count). The molecule has 2 N–H and O–H groups in total. The first-order chi connectivity index (χ1) is 9.97. The van der Waals surface area contributed by atoms with Gasteiger partial charge in [-0.05, 0) is 36.1 Å². The first kappa shape index (κ1) is 17.2. The van der Waals surface area contributed by atoms with Gasteiger partial charge in [0.25, 0.3) is 0 Å². The summed E-state index contributed by atoms with van der Waals surface area (Å²) in [6.45, 7) is 3.98. The van der Waals surface area contributed by atoms with Gasteiger partial charge in [-0.1, -0.05) is 19.9 Å². The lowest BCUT2D eigenvalue weighted by Crippen LogP contribution is -2.38. The minimum atomic E-state index is -0.472. The quantitative estimate of drug-likeness (QED) is 0.759. The predicted molar refractivity (Wildman–Crippen MR) is 80.5 cm³/mol. The van der Waals surface area contributed by atoms with Crippen molar-refractivity contribution in [3.05, 3.63) is 35.7 Å². The van der Waals surface area contributed by atoms with Crippen molar-refractivity contribution in [3.63, 3.8) is 0 Å². The van der Waals surface area contributed by atoms with E-state index in [9.17, 15) is 9.18 Å². The number of halogens is 1. The van der Waals surface area contributed by atoms with Gasteiger partial charge < -0.3 is 15.2 Å². The van der Waals surface area contributed by atoms with Gasteiger partial charge in [0.2, 0.25) is 5.91 Å². The van der Waals surface area contributed by atoms with Crippen LogP contribution in [0.3, 0.4) is 0 Å². The minimum absolute atomic E-state index is 0.0243. The molecule has 0 aliphatic carbocycles. The normalized spacial score (nSPS) is 12.7. The Kier molecular flexibility index (Phi) is 6.88. The fourth-order valence-corrected chi connectivity index (χ4v) is 1.90. The Morgan fingerprint density at radius 2 is 2.19 bits per heavy atom. The Morgan fingerprint density at radius 1 is 1.48 bits per heavy atom. The highest BCUT2D eigenvalue weighted by molar-refractivity contribution is 5.91. The molecular weight excluding hydrogens is 273 g/mol. The van der Waals surface area contributed by atoms with E-state index in [1.54, 1.807) is 6.07 Å². The van der Waals surface area contributed by atoms with Crippen molar-refractivity contribution >= 4 is 12.0 Å². The third kappa shape index (κ3) is 5.55. The molecule has 0 aliphatic rings. The Labute approximate surface area is 124 Å². The number of methoxy groups -OCH3 is 1. The second kappa shape index (κ2) is 8.42. The number of nitrogens with one attached hydrogen (secondary N) is 1. The van der Waals surface area contributed by atoms with E-state index >= 15 is 0 Å². The molecule has 0 aromatic heterocycles. The van der Waals surface area contributed by atoms with E-state index in [0.29, 0.717) is 12.0 Å². The Bertz CT molecular complexity index is 500. The van der Waals surface area contributed by atoms with Crippen LogP contribution in [0.1, 0.15) is 25.8 Å². The van der Waals surface area contributed by atoms with Crippen molar-refractivity contribution in [1.29, 1.82) is 0 Å². The number of carbonyl (C=O) groups excluding carboxylic acids is 1. The zero-order valence-corrected chi connectivity index (χ0v) is 12.6. The summed E-state index contributed by atoms with van der Waals surface area (Å²) in [5.74, 6) is -0.342. The van der Waals surface area contributed by atoms with Gasteiger partial charge >= 0.3 is 0 Å². The fraction of sp³-hybridized carbons (Fsp3) is 0.438. The lowest BCUT2D eigenvalue weighted by molar-refractivity contribution is -0.117. The SMILES string of the molecule is COc1ccc(/C=C/C(=O)NC(CCO)C(C)C)cc1F. The molecule has 1 aromatic carbocycles. The van der Waals surface area contributed by atoms with Crippen LogP contribution >= 0.6 is 0 Å². The standard InChI is InChI=1S/C16H22FNO3/c1-11(2)14(8-9-19)18-16(20)7-5-12-4-6-15(21-3)13(17)10-12/h4-7,10-11,14,19H,8-9H2,1-3H3,(H,18,20)/b7-5+. The van der Waals surface area contributed by atoms with Gasteiger partial charge in [0.05, 0.1) is 7.11 Å². The highest BCUT2D eigenvalue weighted by atomic mass is 19.1. The summed E-state index contributed by atoms with van der Waals surface area (Å²) in [6.07, 6.45) is 3.40. The maximum atomic E-state index is 13.5. The van der Waals surface area contributed by atoms with Crippen LogP contribution in [-0.2, 0) is 4.79 Å². The molecule has 1 atom stereocenters. The number of carbonyl (C=O) groups is 1. The predicted octanol–water partition coefficient (Wildman–Crippen LogP) is 2.37. The zero-order chi connectivity index (χ0) is 15.8. The number of hydrogen-bond acceptors (Lipinski definition) is 3. The van der Waals surface area contributed by atoms with Crippen LogP contribution < -0.4 is 10.1 Å². The number of aliphatic hydroxyl groups excluding tert-OH is 1. The molecule has 0 saturated carbocycles. The number of rotatable bonds is 7. The molecule has 1 aromatic rings. The summed E-state index contributed by atoms with van der Waals surface area (Å²) in [6, 6.07) is 4.39. The average molecular weight is 295 g/mol. The molecule has 4 nitrogen and oxygen atoms in total. The molecule has 21 heavy (non-hydrogen) atoms. The Morgan fingerprint density at radius 3 is 2.71 bits per heavy atom. The van der Waals surface area contributed by atoms with E-state index in [1.165, 1.54) is 31.4 Å². The summed E-state index contributed by atoms with van der Waals surface area (Å²) in [7, 11) is 1.40. The molecule has 0 saturated heterocycles. The molecule has 116 valence electrons. The van der Waals surface area contributed by atoms with Crippen LogP contribution in [0.25, 0.3) is 6.08 Å². The molecule has 0 heterocycles. The van der Waals surface area contributed by atoms with Gasteiger partial charge in [-0.2, -0.15) is 0 Å². The van der Waals surface area contributed by atoms with E-state index in [0.717, 1.165) is 0 Å². The molecule has 5 heteroatoms. The monoisotopic (exact) mass is 295 g/mol. The summed E-state index contributed by atoms with van der Waals surface area (Å²) in [4.78, 5) is 11.8. The fourth-order valence-electron chi connectivity index (χ4n) is 1.90. The lowest BCUT2D eigenvalue weighted by atomic mass is 10.0. The third-order valence-corrected chi connectivity index (χ3v) is 3.18.